The number of hydrogen-bond donors (Lipinski definition) is 1. The van der Waals surface area contributed by atoms with Gasteiger partial charge in [-0.15, -0.1) is 5.10 Å². The molecule has 9 nitrogen and oxygen atoms in total. The van der Waals surface area contributed by atoms with Crippen molar-refractivity contribution in [3.05, 3.63) is 96.7 Å². The molecule has 0 aliphatic heterocycles. The van der Waals surface area contributed by atoms with Gasteiger partial charge in [-0.1, -0.05) is 24.3 Å². The van der Waals surface area contributed by atoms with Gasteiger partial charge in [0.2, 0.25) is 0 Å². The third kappa shape index (κ3) is 3.74. The molecule has 0 bridgehead atoms. The van der Waals surface area contributed by atoms with Gasteiger partial charge in [0, 0.05) is 29.8 Å². The standard InChI is InChI=1S/C23H18N8O/c1-16-26-28-29-31(16)20-11-5-8-18(13-20)25-23(32)21-15-30(19-9-3-2-4-10-19)27-22(21)17-7-6-12-24-14-17/h2-15H,1H3,(H,25,32). The number of aromatic nitrogens is 7. The molecule has 156 valence electrons. The number of amides is 1. The molecule has 0 fully saturated rings. The van der Waals surface area contributed by atoms with Gasteiger partial charge in [-0.2, -0.15) is 9.78 Å². The van der Waals surface area contributed by atoms with Gasteiger partial charge in [-0.3, -0.25) is 9.78 Å². The second kappa shape index (κ2) is 8.23. The van der Waals surface area contributed by atoms with Crippen LogP contribution >= 0.6 is 0 Å². The van der Waals surface area contributed by atoms with Crippen molar-refractivity contribution in [2.45, 2.75) is 6.92 Å². The minimum atomic E-state index is -0.281. The molecule has 0 unspecified atom stereocenters. The fourth-order valence-corrected chi connectivity index (χ4v) is 3.35. The molecule has 0 spiro atoms. The van der Waals surface area contributed by atoms with Crippen molar-refractivity contribution in [1.82, 2.24) is 35.0 Å². The largest absolute Gasteiger partial charge is 0.322 e. The van der Waals surface area contributed by atoms with E-state index in [4.69, 9.17) is 0 Å². The first kappa shape index (κ1) is 19.3. The van der Waals surface area contributed by atoms with Crippen LogP contribution in [0.4, 0.5) is 5.69 Å². The van der Waals surface area contributed by atoms with Gasteiger partial charge in [-0.05, 0) is 59.8 Å². The van der Waals surface area contributed by atoms with Crippen LogP contribution in [-0.4, -0.2) is 40.9 Å². The van der Waals surface area contributed by atoms with Gasteiger partial charge in [0.25, 0.3) is 5.91 Å². The maximum Gasteiger partial charge on any atom is 0.259 e. The molecule has 32 heavy (non-hydrogen) atoms. The number of nitrogens with zero attached hydrogens (tertiary/aromatic N) is 7. The van der Waals surface area contributed by atoms with Crippen molar-refractivity contribution in [3.8, 4) is 22.6 Å². The van der Waals surface area contributed by atoms with Gasteiger partial charge in [0.05, 0.1) is 16.9 Å². The Balaban J connectivity index is 1.51. The van der Waals surface area contributed by atoms with Crippen LogP contribution in [0.2, 0.25) is 0 Å². The molecule has 1 N–H and O–H groups in total. The number of tetrazole rings is 1. The zero-order valence-corrected chi connectivity index (χ0v) is 17.1. The summed E-state index contributed by atoms with van der Waals surface area (Å²) in [7, 11) is 0. The highest BCUT2D eigenvalue weighted by molar-refractivity contribution is 6.08. The maximum absolute atomic E-state index is 13.3. The number of hydrogen-bond acceptors (Lipinski definition) is 6. The van der Waals surface area contributed by atoms with Gasteiger partial charge >= 0.3 is 0 Å². The number of nitrogens with one attached hydrogen (secondary N) is 1. The maximum atomic E-state index is 13.3. The fraction of sp³-hybridized carbons (Fsp3) is 0.0435. The summed E-state index contributed by atoms with van der Waals surface area (Å²) in [6.45, 7) is 1.81. The van der Waals surface area contributed by atoms with E-state index >= 15 is 0 Å². The first-order valence-corrected chi connectivity index (χ1v) is 9.91. The number of aryl methyl sites for hydroxylation is 1. The lowest BCUT2D eigenvalue weighted by molar-refractivity contribution is 0.102. The fourth-order valence-electron chi connectivity index (χ4n) is 3.35. The van der Waals surface area contributed by atoms with Crippen LogP contribution in [0.15, 0.2) is 85.3 Å². The van der Waals surface area contributed by atoms with Gasteiger partial charge in [0.15, 0.2) is 5.82 Å². The molecule has 0 radical (unpaired) electrons. The topological polar surface area (TPSA) is 103 Å². The van der Waals surface area contributed by atoms with E-state index in [9.17, 15) is 4.79 Å². The van der Waals surface area contributed by atoms with E-state index < -0.39 is 0 Å². The molecule has 3 heterocycles. The average Bonchev–Trinajstić information content (AvgIpc) is 3.47. The lowest BCUT2D eigenvalue weighted by atomic mass is 10.1. The molecular weight excluding hydrogens is 404 g/mol. The van der Waals surface area contributed by atoms with Crippen LogP contribution < -0.4 is 5.32 Å². The summed E-state index contributed by atoms with van der Waals surface area (Å²) in [4.78, 5) is 17.5. The summed E-state index contributed by atoms with van der Waals surface area (Å²) in [6.07, 6.45) is 5.10. The van der Waals surface area contributed by atoms with Crippen molar-refractivity contribution >= 4 is 11.6 Å². The molecule has 0 saturated heterocycles. The molecule has 0 saturated carbocycles. The smallest absolute Gasteiger partial charge is 0.259 e. The molecular formula is C23H18N8O. The van der Waals surface area contributed by atoms with Crippen molar-refractivity contribution < 1.29 is 4.79 Å². The highest BCUT2D eigenvalue weighted by Gasteiger charge is 2.19. The molecule has 0 aliphatic carbocycles. The van der Waals surface area contributed by atoms with Gasteiger partial charge < -0.3 is 5.32 Å². The van der Waals surface area contributed by atoms with Crippen LogP contribution in [0, 0.1) is 6.92 Å². The summed E-state index contributed by atoms with van der Waals surface area (Å²) in [5.74, 6) is 0.369. The molecule has 5 rings (SSSR count). The van der Waals surface area contributed by atoms with Crippen LogP contribution in [0.5, 0.6) is 0 Å². The number of carbonyl (C=O) groups excluding carboxylic acids is 1. The Morgan fingerprint density at radius 2 is 1.81 bits per heavy atom. The Kier molecular flexibility index (Phi) is 4.97. The first-order chi connectivity index (χ1) is 15.7. The highest BCUT2D eigenvalue weighted by Crippen LogP contribution is 2.24. The number of rotatable bonds is 5. The number of anilines is 1. The molecule has 0 aliphatic rings. The molecule has 9 heteroatoms. The Hall–Kier alpha value is -4.66. The van der Waals surface area contributed by atoms with Crippen molar-refractivity contribution in [1.29, 1.82) is 0 Å². The SMILES string of the molecule is Cc1nnnn1-c1cccc(NC(=O)c2cn(-c3ccccc3)nc2-c2cccnc2)c1. The zero-order chi connectivity index (χ0) is 21.9. The first-order valence-electron chi connectivity index (χ1n) is 9.91. The van der Waals surface area contributed by atoms with Crippen LogP contribution in [0.25, 0.3) is 22.6 Å². The van der Waals surface area contributed by atoms with E-state index in [1.165, 1.54) is 0 Å². The Labute approximate surface area is 183 Å². The van der Waals surface area contributed by atoms with Crippen molar-refractivity contribution in [2.24, 2.45) is 0 Å². The number of pyridine rings is 1. The number of para-hydroxylation sites is 1. The van der Waals surface area contributed by atoms with Crippen molar-refractivity contribution in [3.63, 3.8) is 0 Å². The highest BCUT2D eigenvalue weighted by atomic mass is 16.1. The minimum Gasteiger partial charge on any atom is -0.322 e. The molecule has 3 aromatic heterocycles. The monoisotopic (exact) mass is 422 g/mol. The van der Waals surface area contributed by atoms with Crippen molar-refractivity contribution in [2.75, 3.05) is 5.32 Å². The van der Waals surface area contributed by atoms with Crippen LogP contribution in [0.1, 0.15) is 16.2 Å². The van der Waals surface area contributed by atoms with Crippen LogP contribution in [-0.2, 0) is 0 Å². The van der Waals surface area contributed by atoms with E-state index in [2.05, 4.69) is 30.9 Å². The summed E-state index contributed by atoms with van der Waals surface area (Å²) in [5, 5.41) is 19.2. The predicted molar refractivity (Wildman–Crippen MR) is 119 cm³/mol. The average molecular weight is 422 g/mol. The predicted octanol–water partition coefficient (Wildman–Crippen LogP) is 3.47. The normalized spacial score (nSPS) is 10.8. The second-order valence-corrected chi connectivity index (χ2v) is 7.06. The summed E-state index contributed by atoms with van der Waals surface area (Å²) < 4.78 is 3.29. The third-order valence-electron chi connectivity index (χ3n) is 4.89. The van der Waals surface area contributed by atoms with E-state index in [1.54, 1.807) is 28.0 Å². The second-order valence-electron chi connectivity index (χ2n) is 7.06. The molecule has 1 amide bonds. The number of benzene rings is 2. The Bertz CT molecular complexity index is 1380. The van der Waals surface area contributed by atoms with E-state index in [1.807, 2.05) is 73.7 Å². The summed E-state index contributed by atoms with van der Waals surface area (Å²) >= 11 is 0. The van der Waals surface area contributed by atoms with Gasteiger partial charge in [0.1, 0.15) is 5.69 Å². The Morgan fingerprint density at radius 3 is 2.56 bits per heavy atom. The van der Waals surface area contributed by atoms with Gasteiger partial charge in [-0.25, -0.2) is 4.68 Å². The van der Waals surface area contributed by atoms with E-state index in [-0.39, 0.29) is 5.91 Å². The molecule has 5 aromatic rings. The Morgan fingerprint density at radius 1 is 0.969 bits per heavy atom. The lowest BCUT2D eigenvalue weighted by Crippen LogP contribution is -2.13. The summed E-state index contributed by atoms with van der Waals surface area (Å²) in [6, 6.07) is 20.7. The number of carbonyl (C=O) groups is 1. The molecule has 0 atom stereocenters. The van der Waals surface area contributed by atoms with Crippen LogP contribution in [0.3, 0.4) is 0 Å². The summed E-state index contributed by atoms with van der Waals surface area (Å²) in [5.41, 5.74) is 3.96. The minimum absolute atomic E-state index is 0.281. The lowest BCUT2D eigenvalue weighted by Gasteiger charge is -2.08. The van der Waals surface area contributed by atoms with E-state index in [0.717, 1.165) is 16.9 Å². The van der Waals surface area contributed by atoms with E-state index in [0.29, 0.717) is 22.8 Å². The third-order valence-corrected chi connectivity index (χ3v) is 4.89. The molecule has 2 aromatic carbocycles. The quantitative estimate of drug-likeness (QED) is 0.465. The zero-order valence-electron chi connectivity index (χ0n) is 17.1.